The molecule has 1 aromatic rings. The fourth-order valence-electron chi connectivity index (χ4n) is 3.21. The second kappa shape index (κ2) is 5.64. The molecule has 18 heavy (non-hydrogen) atoms. The number of benzene rings is 1. The van der Waals surface area contributed by atoms with Crippen LogP contribution in [0.4, 0.5) is 11.4 Å². The standard InChI is InChI=1S/C16H24N2/c1-2-4-8-14(7-3-1)18-15-10-9-13-6-5-11-17-16(13)12-15/h9-10,12,14,17-18H,1-8,11H2. The topological polar surface area (TPSA) is 24.1 Å². The van der Waals surface area contributed by atoms with Crippen LogP contribution in [0, 0.1) is 0 Å². The zero-order valence-corrected chi connectivity index (χ0v) is 11.2. The van der Waals surface area contributed by atoms with Gasteiger partial charge in [-0.25, -0.2) is 0 Å². The minimum atomic E-state index is 0.689. The van der Waals surface area contributed by atoms with Crippen LogP contribution < -0.4 is 10.6 Å². The molecule has 0 saturated heterocycles. The Morgan fingerprint density at radius 2 is 1.83 bits per heavy atom. The van der Waals surface area contributed by atoms with Gasteiger partial charge in [0.15, 0.2) is 0 Å². The molecule has 2 N–H and O–H groups in total. The van der Waals surface area contributed by atoms with Gasteiger partial charge < -0.3 is 10.6 Å². The minimum absolute atomic E-state index is 0.689. The second-order valence-corrected chi connectivity index (χ2v) is 5.74. The van der Waals surface area contributed by atoms with E-state index in [9.17, 15) is 0 Å². The first-order chi connectivity index (χ1) is 8.92. The van der Waals surface area contributed by atoms with E-state index in [0.29, 0.717) is 6.04 Å². The van der Waals surface area contributed by atoms with Gasteiger partial charge in [-0.05, 0) is 43.4 Å². The summed E-state index contributed by atoms with van der Waals surface area (Å²) in [5, 5.41) is 7.24. The van der Waals surface area contributed by atoms with Crippen LogP contribution in [0.5, 0.6) is 0 Å². The quantitative estimate of drug-likeness (QED) is 0.763. The first-order valence-corrected chi connectivity index (χ1v) is 7.55. The lowest BCUT2D eigenvalue weighted by Crippen LogP contribution is -2.19. The van der Waals surface area contributed by atoms with Gasteiger partial charge in [0.05, 0.1) is 0 Å². The van der Waals surface area contributed by atoms with Crippen LogP contribution >= 0.6 is 0 Å². The van der Waals surface area contributed by atoms with Crippen molar-refractivity contribution < 1.29 is 0 Å². The van der Waals surface area contributed by atoms with E-state index in [4.69, 9.17) is 0 Å². The molecule has 2 nitrogen and oxygen atoms in total. The monoisotopic (exact) mass is 244 g/mol. The summed E-state index contributed by atoms with van der Waals surface area (Å²) >= 11 is 0. The molecule has 1 fully saturated rings. The molecule has 1 aromatic carbocycles. The van der Waals surface area contributed by atoms with Gasteiger partial charge in [-0.1, -0.05) is 31.7 Å². The highest BCUT2D eigenvalue weighted by Gasteiger charge is 2.13. The summed E-state index contributed by atoms with van der Waals surface area (Å²) in [6, 6.07) is 7.55. The normalized spacial score (nSPS) is 20.7. The largest absolute Gasteiger partial charge is 0.385 e. The highest BCUT2D eigenvalue weighted by atomic mass is 14.9. The molecule has 0 unspecified atom stereocenters. The van der Waals surface area contributed by atoms with Gasteiger partial charge in [0.25, 0.3) is 0 Å². The van der Waals surface area contributed by atoms with Crippen molar-refractivity contribution in [1.82, 2.24) is 0 Å². The third-order valence-corrected chi connectivity index (χ3v) is 4.27. The van der Waals surface area contributed by atoms with Gasteiger partial charge in [-0.15, -0.1) is 0 Å². The lowest BCUT2D eigenvalue weighted by atomic mass is 10.0. The lowest BCUT2D eigenvalue weighted by molar-refractivity contribution is 0.620. The third-order valence-electron chi connectivity index (χ3n) is 4.27. The van der Waals surface area contributed by atoms with Crippen LogP contribution in [0.2, 0.25) is 0 Å². The van der Waals surface area contributed by atoms with Crippen molar-refractivity contribution >= 4 is 11.4 Å². The smallest absolute Gasteiger partial charge is 0.0393 e. The SMILES string of the molecule is c1cc2c(cc1NC1CCCCCC1)NCCC2. The number of fused-ring (bicyclic) bond motifs is 1. The van der Waals surface area contributed by atoms with E-state index in [2.05, 4.69) is 28.8 Å². The molecule has 0 spiro atoms. The van der Waals surface area contributed by atoms with Crippen molar-refractivity contribution in [3.05, 3.63) is 23.8 Å². The molecule has 0 bridgehead atoms. The van der Waals surface area contributed by atoms with Gasteiger partial charge >= 0.3 is 0 Å². The molecule has 1 heterocycles. The van der Waals surface area contributed by atoms with Gasteiger partial charge in [-0.3, -0.25) is 0 Å². The summed E-state index contributed by atoms with van der Waals surface area (Å²) < 4.78 is 0. The van der Waals surface area contributed by atoms with Crippen LogP contribution in [-0.4, -0.2) is 12.6 Å². The Morgan fingerprint density at radius 3 is 2.67 bits per heavy atom. The maximum absolute atomic E-state index is 3.73. The highest BCUT2D eigenvalue weighted by molar-refractivity contribution is 5.62. The van der Waals surface area contributed by atoms with Crippen LogP contribution in [0.25, 0.3) is 0 Å². The molecule has 0 radical (unpaired) electrons. The van der Waals surface area contributed by atoms with Crippen LogP contribution in [0.15, 0.2) is 18.2 Å². The highest BCUT2D eigenvalue weighted by Crippen LogP contribution is 2.27. The molecular weight excluding hydrogens is 220 g/mol. The van der Waals surface area contributed by atoms with Gasteiger partial charge in [0.1, 0.15) is 0 Å². The molecule has 98 valence electrons. The predicted molar refractivity (Wildman–Crippen MR) is 78.4 cm³/mol. The first kappa shape index (κ1) is 11.9. The van der Waals surface area contributed by atoms with E-state index >= 15 is 0 Å². The molecule has 1 aliphatic heterocycles. The van der Waals surface area contributed by atoms with Crippen molar-refractivity contribution in [3.8, 4) is 0 Å². The lowest BCUT2D eigenvalue weighted by Gasteiger charge is -2.22. The summed E-state index contributed by atoms with van der Waals surface area (Å²) in [6.07, 6.45) is 10.8. The fraction of sp³-hybridized carbons (Fsp3) is 0.625. The molecule has 0 atom stereocenters. The summed E-state index contributed by atoms with van der Waals surface area (Å²) in [6.45, 7) is 1.12. The Bertz CT molecular complexity index is 392. The molecule has 3 rings (SSSR count). The maximum Gasteiger partial charge on any atom is 0.0393 e. The van der Waals surface area contributed by atoms with Crippen molar-refractivity contribution in [2.45, 2.75) is 57.4 Å². The van der Waals surface area contributed by atoms with E-state index in [-0.39, 0.29) is 0 Å². The number of anilines is 2. The van der Waals surface area contributed by atoms with E-state index < -0.39 is 0 Å². The molecule has 2 heteroatoms. The van der Waals surface area contributed by atoms with E-state index in [1.165, 1.54) is 68.3 Å². The molecule has 1 aliphatic carbocycles. The van der Waals surface area contributed by atoms with Crippen molar-refractivity contribution in [1.29, 1.82) is 0 Å². The number of hydrogen-bond donors (Lipinski definition) is 2. The number of nitrogens with one attached hydrogen (secondary N) is 2. The van der Waals surface area contributed by atoms with Gasteiger partial charge in [0, 0.05) is 24.0 Å². The van der Waals surface area contributed by atoms with Crippen molar-refractivity contribution in [3.63, 3.8) is 0 Å². The molecule has 1 saturated carbocycles. The third kappa shape index (κ3) is 2.80. The Kier molecular flexibility index (Phi) is 3.72. The Balaban J connectivity index is 1.68. The predicted octanol–water partition coefficient (Wildman–Crippen LogP) is 4.18. The van der Waals surface area contributed by atoms with E-state index in [1.807, 2.05) is 0 Å². The Hall–Kier alpha value is -1.18. The molecule has 0 amide bonds. The number of rotatable bonds is 2. The Labute approximate surface area is 110 Å². The van der Waals surface area contributed by atoms with E-state index in [1.54, 1.807) is 0 Å². The molecule has 2 aliphatic rings. The number of hydrogen-bond acceptors (Lipinski definition) is 2. The average Bonchev–Trinajstić information content (AvgIpc) is 2.67. The van der Waals surface area contributed by atoms with Crippen LogP contribution in [0.1, 0.15) is 50.5 Å². The van der Waals surface area contributed by atoms with Gasteiger partial charge in [0.2, 0.25) is 0 Å². The molecular formula is C16H24N2. The molecule has 0 aromatic heterocycles. The van der Waals surface area contributed by atoms with Crippen molar-refractivity contribution in [2.75, 3.05) is 17.2 Å². The fourth-order valence-corrected chi connectivity index (χ4v) is 3.21. The number of aryl methyl sites for hydroxylation is 1. The summed E-state index contributed by atoms with van der Waals surface area (Å²) in [4.78, 5) is 0. The van der Waals surface area contributed by atoms with Gasteiger partial charge in [-0.2, -0.15) is 0 Å². The second-order valence-electron chi connectivity index (χ2n) is 5.74. The Morgan fingerprint density at radius 1 is 1.00 bits per heavy atom. The summed E-state index contributed by atoms with van der Waals surface area (Å²) in [5.41, 5.74) is 4.13. The maximum atomic E-state index is 3.73. The van der Waals surface area contributed by atoms with Crippen LogP contribution in [-0.2, 0) is 6.42 Å². The van der Waals surface area contributed by atoms with Crippen LogP contribution in [0.3, 0.4) is 0 Å². The van der Waals surface area contributed by atoms with E-state index in [0.717, 1.165) is 6.54 Å². The zero-order chi connectivity index (χ0) is 12.2. The minimum Gasteiger partial charge on any atom is -0.385 e. The summed E-state index contributed by atoms with van der Waals surface area (Å²) in [7, 11) is 0. The van der Waals surface area contributed by atoms with Crippen molar-refractivity contribution in [2.24, 2.45) is 0 Å². The zero-order valence-electron chi connectivity index (χ0n) is 11.2. The summed E-state index contributed by atoms with van der Waals surface area (Å²) in [5.74, 6) is 0. The first-order valence-electron chi connectivity index (χ1n) is 7.55. The average molecular weight is 244 g/mol.